The average molecular weight is 283 g/mol. The Labute approximate surface area is 124 Å². The molecule has 3 rings (SSSR count). The Morgan fingerprint density at radius 2 is 2.10 bits per heavy atom. The molecule has 0 radical (unpaired) electrons. The van der Waals surface area contributed by atoms with Crippen molar-refractivity contribution in [3.63, 3.8) is 0 Å². The minimum Gasteiger partial charge on any atom is -0.327 e. The molecule has 21 heavy (non-hydrogen) atoms. The van der Waals surface area contributed by atoms with E-state index in [0.717, 1.165) is 41.4 Å². The third kappa shape index (κ3) is 2.45. The summed E-state index contributed by atoms with van der Waals surface area (Å²) in [4.78, 5) is 4.75. The van der Waals surface area contributed by atoms with Gasteiger partial charge in [0, 0.05) is 24.4 Å². The molecule has 3 heterocycles. The van der Waals surface area contributed by atoms with Gasteiger partial charge in [0.05, 0.1) is 11.4 Å². The summed E-state index contributed by atoms with van der Waals surface area (Å²) in [5.41, 5.74) is 10.3. The number of nitrogens with two attached hydrogens (primary N) is 1. The van der Waals surface area contributed by atoms with Crippen molar-refractivity contribution >= 4 is 5.65 Å². The van der Waals surface area contributed by atoms with Gasteiger partial charge < -0.3 is 10.1 Å². The Morgan fingerprint density at radius 1 is 1.29 bits per heavy atom. The second kappa shape index (κ2) is 5.33. The van der Waals surface area contributed by atoms with Crippen molar-refractivity contribution in [3.05, 3.63) is 47.5 Å². The van der Waals surface area contributed by atoms with E-state index in [0.29, 0.717) is 0 Å². The molecular weight excluding hydrogens is 262 g/mol. The van der Waals surface area contributed by atoms with Crippen LogP contribution in [0, 0.1) is 13.8 Å². The van der Waals surface area contributed by atoms with E-state index in [1.54, 1.807) is 0 Å². The highest BCUT2D eigenvalue weighted by molar-refractivity contribution is 5.49. The largest absolute Gasteiger partial charge is 0.327 e. The fourth-order valence-electron chi connectivity index (χ4n) is 2.63. The summed E-state index contributed by atoms with van der Waals surface area (Å²) in [5, 5.41) is 4.57. The predicted molar refractivity (Wildman–Crippen MR) is 83.8 cm³/mol. The van der Waals surface area contributed by atoms with Crippen LogP contribution in [0.25, 0.3) is 11.5 Å². The van der Waals surface area contributed by atoms with Gasteiger partial charge in [-0.25, -0.2) is 9.67 Å². The highest BCUT2D eigenvalue weighted by Crippen LogP contribution is 2.20. The van der Waals surface area contributed by atoms with Crippen LogP contribution >= 0.6 is 0 Å². The van der Waals surface area contributed by atoms with Gasteiger partial charge >= 0.3 is 0 Å². The van der Waals surface area contributed by atoms with E-state index in [2.05, 4.69) is 22.5 Å². The van der Waals surface area contributed by atoms with Crippen molar-refractivity contribution in [2.24, 2.45) is 5.73 Å². The van der Waals surface area contributed by atoms with Crippen LogP contribution in [0.1, 0.15) is 30.4 Å². The summed E-state index contributed by atoms with van der Waals surface area (Å²) < 4.78 is 4.03. The first kappa shape index (κ1) is 13.8. The maximum Gasteiger partial charge on any atom is 0.175 e. The molecule has 0 spiro atoms. The van der Waals surface area contributed by atoms with Gasteiger partial charge in [-0.05, 0) is 38.5 Å². The Balaban J connectivity index is 2.21. The molecule has 1 atom stereocenters. The number of pyridine rings is 1. The first-order valence-electron chi connectivity index (χ1n) is 7.35. The Kier molecular flexibility index (Phi) is 3.51. The molecular formula is C16H21N5. The van der Waals surface area contributed by atoms with Crippen LogP contribution < -0.4 is 5.73 Å². The van der Waals surface area contributed by atoms with Crippen molar-refractivity contribution in [2.45, 2.75) is 39.7 Å². The van der Waals surface area contributed by atoms with Crippen molar-refractivity contribution in [1.82, 2.24) is 19.2 Å². The zero-order valence-electron chi connectivity index (χ0n) is 12.7. The summed E-state index contributed by atoms with van der Waals surface area (Å²) in [5.74, 6) is 0.885. The maximum atomic E-state index is 6.17. The fourth-order valence-corrected chi connectivity index (χ4v) is 2.63. The molecule has 0 aliphatic rings. The second-order valence-electron chi connectivity index (χ2n) is 5.52. The number of rotatable bonds is 4. The van der Waals surface area contributed by atoms with Gasteiger partial charge in [-0.1, -0.05) is 13.0 Å². The van der Waals surface area contributed by atoms with E-state index in [1.807, 2.05) is 42.9 Å². The first-order chi connectivity index (χ1) is 10.1. The van der Waals surface area contributed by atoms with Crippen LogP contribution in [-0.2, 0) is 6.42 Å². The van der Waals surface area contributed by atoms with E-state index in [-0.39, 0.29) is 6.04 Å². The lowest BCUT2D eigenvalue weighted by Gasteiger charge is -2.11. The van der Waals surface area contributed by atoms with E-state index in [1.165, 1.54) is 0 Å². The van der Waals surface area contributed by atoms with Crippen LogP contribution in [-0.4, -0.2) is 25.2 Å². The van der Waals surface area contributed by atoms with Gasteiger partial charge in [0.15, 0.2) is 5.82 Å². The Morgan fingerprint density at radius 3 is 2.76 bits per heavy atom. The topological polar surface area (TPSA) is 61.1 Å². The van der Waals surface area contributed by atoms with Crippen LogP contribution in [0.5, 0.6) is 0 Å². The van der Waals surface area contributed by atoms with Crippen molar-refractivity contribution in [3.8, 4) is 5.82 Å². The molecule has 0 aliphatic carbocycles. The summed E-state index contributed by atoms with van der Waals surface area (Å²) in [6, 6.07) is 8.21. The monoisotopic (exact) mass is 283 g/mol. The number of nitrogens with zero attached hydrogens (tertiary/aromatic N) is 4. The van der Waals surface area contributed by atoms with Crippen molar-refractivity contribution < 1.29 is 0 Å². The third-order valence-electron chi connectivity index (χ3n) is 3.80. The first-order valence-corrected chi connectivity index (χ1v) is 7.35. The molecule has 0 aliphatic heterocycles. The summed E-state index contributed by atoms with van der Waals surface area (Å²) in [6.45, 7) is 6.15. The minimum absolute atomic E-state index is 0.126. The summed E-state index contributed by atoms with van der Waals surface area (Å²) in [7, 11) is 0. The number of aromatic nitrogens is 4. The molecule has 0 saturated carbocycles. The lowest BCUT2D eigenvalue weighted by atomic mass is 10.1. The van der Waals surface area contributed by atoms with E-state index in [9.17, 15) is 0 Å². The van der Waals surface area contributed by atoms with Gasteiger partial charge in [-0.15, -0.1) is 0 Å². The second-order valence-corrected chi connectivity index (χ2v) is 5.52. The molecule has 0 fully saturated rings. The lowest BCUT2D eigenvalue weighted by Crippen LogP contribution is -2.23. The number of imidazole rings is 1. The molecule has 2 N–H and O–H groups in total. The zero-order valence-corrected chi connectivity index (χ0v) is 12.7. The molecule has 110 valence electrons. The Bertz CT molecular complexity index is 768. The van der Waals surface area contributed by atoms with Crippen LogP contribution in [0.3, 0.4) is 0 Å². The maximum absolute atomic E-state index is 6.17. The van der Waals surface area contributed by atoms with E-state index >= 15 is 0 Å². The number of aryl methyl sites for hydroxylation is 2. The molecule has 5 heteroatoms. The Hall–Kier alpha value is -2.14. The lowest BCUT2D eigenvalue weighted by molar-refractivity contribution is 0.628. The summed E-state index contributed by atoms with van der Waals surface area (Å²) in [6.07, 6.45) is 3.77. The van der Waals surface area contributed by atoms with Gasteiger partial charge in [0.2, 0.25) is 0 Å². The zero-order chi connectivity index (χ0) is 15.0. The molecule has 0 amide bonds. The average Bonchev–Trinajstić information content (AvgIpc) is 2.99. The van der Waals surface area contributed by atoms with Crippen molar-refractivity contribution in [2.75, 3.05) is 0 Å². The van der Waals surface area contributed by atoms with Gasteiger partial charge in [0.25, 0.3) is 0 Å². The molecule has 3 aromatic rings. The molecule has 0 bridgehead atoms. The molecule has 0 aromatic carbocycles. The highest BCUT2D eigenvalue weighted by Gasteiger charge is 2.18. The SMILES string of the molecule is CCC(N)Cc1c(-n2nc(C)cc2C)nc2ccccn12. The molecule has 1 unspecified atom stereocenters. The van der Waals surface area contributed by atoms with Crippen molar-refractivity contribution in [1.29, 1.82) is 0 Å². The third-order valence-corrected chi connectivity index (χ3v) is 3.80. The van der Waals surface area contributed by atoms with Gasteiger partial charge in [-0.2, -0.15) is 5.10 Å². The molecule has 5 nitrogen and oxygen atoms in total. The van der Waals surface area contributed by atoms with Crippen LogP contribution in [0.15, 0.2) is 30.5 Å². The molecule has 3 aromatic heterocycles. The number of hydrogen-bond donors (Lipinski definition) is 1. The van der Waals surface area contributed by atoms with Crippen LogP contribution in [0.2, 0.25) is 0 Å². The van der Waals surface area contributed by atoms with E-state index < -0.39 is 0 Å². The highest BCUT2D eigenvalue weighted by atomic mass is 15.3. The molecule has 0 saturated heterocycles. The standard InChI is InChI=1S/C16H21N5/c1-4-13(17)10-14-16(21-12(3)9-11(2)19-21)18-15-7-5-6-8-20(14)15/h5-9,13H,4,10,17H2,1-3H3. The van der Waals surface area contributed by atoms with Gasteiger partial charge in [0.1, 0.15) is 5.65 Å². The van der Waals surface area contributed by atoms with Crippen LogP contribution in [0.4, 0.5) is 0 Å². The summed E-state index contributed by atoms with van der Waals surface area (Å²) >= 11 is 0. The van der Waals surface area contributed by atoms with Gasteiger partial charge in [-0.3, -0.25) is 0 Å². The quantitative estimate of drug-likeness (QED) is 0.800. The smallest absolute Gasteiger partial charge is 0.175 e. The fraction of sp³-hybridized carbons (Fsp3) is 0.375. The normalized spacial score (nSPS) is 13.0. The van der Waals surface area contributed by atoms with E-state index in [4.69, 9.17) is 10.7 Å². The minimum atomic E-state index is 0.126. The number of fused-ring (bicyclic) bond motifs is 1. The predicted octanol–water partition coefficient (Wildman–Crippen LogP) is 2.42. The number of hydrogen-bond acceptors (Lipinski definition) is 3.